The van der Waals surface area contributed by atoms with Crippen molar-refractivity contribution in [2.24, 2.45) is 0 Å². The Bertz CT molecular complexity index is 1090. The van der Waals surface area contributed by atoms with E-state index in [0.717, 1.165) is 46.2 Å². The van der Waals surface area contributed by atoms with Crippen LogP contribution < -0.4 is 5.56 Å². The molecule has 4 rings (SSSR count). The van der Waals surface area contributed by atoms with E-state index < -0.39 is 0 Å². The quantitative estimate of drug-likeness (QED) is 0.671. The average Bonchev–Trinajstić information content (AvgIpc) is 2.93. The second-order valence-corrected chi connectivity index (χ2v) is 7.60. The number of fused-ring (bicyclic) bond motifs is 3. The number of rotatable bonds is 1. The highest BCUT2D eigenvalue weighted by molar-refractivity contribution is 7.71. The lowest BCUT2D eigenvalue weighted by Gasteiger charge is -2.11. The number of carbonyl (C=O) groups excluding carboxylic acids is 1. The summed E-state index contributed by atoms with van der Waals surface area (Å²) in [6.45, 7) is 1.86. The number of nitrogens with zero attached hydrogens (tertiary/aromatic N) is 1. The van der Waals surface area contributed by atoms with Crippen LogP contribution in [0.2, 0.25) is 0 Å². The number of aromatic nitrogens is 2. The molecule has 2 aromatic heterocycles. The average molecular weight is 356 g/mol. The Morgan fingerprint density at radius 3 is 2.79 bits per heavy atom. The molecule has 1 N–H and O–H groups in total. The summed E-state index contributed by atoms with van der Waals surface area (Å²) in [4.78, 5) is 31.1. The Labute approximate surface area is 147 Å². The normalized spacial score (nSPS) is 13.9. The fourth-order valence-corrected chi connectivity index (χ4v) is 4.97. The molecule has 24 heavy (non-hydrogen) atoms. The molecule has 4 nitrogen and oxygen atoms in total. The Kier molecular flexibility index (Phi) is 3.73. The molecule has 122 valence electrons. The molecule has 0 atom stereocenters. The maximum absolute atomic E-state index is 13.1. The van der Waals surface area contributed by atoms with E-state index in [2.05, 4.69) is 4.98 Å². The van der Waals surface area contributed by atoms with Crippen LogP contribution in [0.25, 0.3) is 10.2 Å². The summed E-state index contributed by atoms with van der Waals surface area (Å²) in [6.07, 6.45) is 4.13. The van der Waals surface area contributed by atoms with Crippen LogP contribution in [0.1, 0.15) is 39.2 Å². The summed E-state index contributed by atoms with van der Waals surface area (Å²) in [5, 5.41) is 0.644. The van der Waals surface area contributed by atoms with E-state index in [4.69, 9.17) is 12.2 Å². The van der Waals surface area contributed by atoms with Crippen LogP contribution in [0, 0.1) is 11.7 Å². The van der Waals surface area contributed by atoms with Crippen LogP contribution >= 0.6 is 23.6 Å². The minimum absolute atomic E-state index is 0.166. The van der Waals surface area contributed by atoms with Crippen molar-refractivity contribution in [3.05, 3.63) is 61.0 Å². The second-order valence-electron chi connectivity index (χ2n) is 6.11. The van der Waals surface area contributed by atoms with Gasteiger partial charge in [-0.3, -0.25) is 9.59 Å². The van der Waals surface area contributed by atoms with E-state index in [9.17, 15) is 9.59 Å². The van der Waals surface area contributed by atoms with Gasteiger partial charge in [0.05, 0.1) is 5.39 Å². The highest BCUT2D eigenvalue weighted by Gasteiger charge is 2.22. The van der Waals surface area contributed by atoms with Crippen LogP contribution in [0.15, 0.2) is 29.1 Å². The summed E-state index contributed by atoms with van der Waals surface area (Å²) < 4.78 is 1.28. The molecule has 1 aliphatic carbocycles. The van der Waals surface area contributed by atoms with Crippen LogP contribution in [0.4, 0.5) is 0 Å². The number of carbonyl (C=O) groups is 1. The summed E-state index contributed by atoms with van der Waals surface area (Å²) in [5.41, 5.74) is 2.14. The molecule has 0 bridgehead atoms. The lowest BCUT2D eigenvalue weighted by Crippen LogP contribution is -2.29. The van der Waals surface area contributed by atoms with Gasteiger partial charge in [0.2, 0.25) is 0 Å². The van der Waals surface area contributed by atoms with Gasteiger partial charge >= 0.3 is 0 Å². The third-order valence-electron chi connectivity index (χ3n) is 4.59. The maximum Gasteiger partial charge on any atom is 0.270 e. The number of benzene rings is 1. The third kappa shape index (κ3) is 2.29. The first-order chi connectivity index (χ1) is 11.6. The Hall–Kier alpha value is -2.05. The maximum atomic E-state index is 13.1. The van der Waals surface area contributed by atoms with Gasteiger partial charge < -0.3 is 4.98 Å². The minimum Gasteiger partial charge on any atom is -0.323 e. The molecule has 0 aliphatic heterocycles. The van der Waals surface area contributed by atoms with Crippen LogP contribution in [-0.2, 0) is 12.8 Å². The SMILES string of the molecule is Cc1ccccc1C(=O)n1c(=S)[nH]c2sc3c(c2c1=O)CCCC3. The predicted molar refractivity (Wildman–Crippen MR) is 98.8 cm³/mol. The first-order valence-electron chi connectivity index (χ1n) is 7.98. The van der Waals surface area contributed by atoms with Gasteiger partial charge in [-0.1, -0.05) is 18.2 Å². The van der Waals surface area contributed by atoms with E-state index in [1.54, 1.807) is 23.5 Å². The van der Waals surface area contributed by atoms with Crippen molar-refractivity contribution in [1.82, 2.24) is 9.55 Å². The molecule has 6 heteroatoms. The zero-order valence-electron chi connectivity index (χ0n) is 13.2. The highest BCUT2D eigenvalue weighted by atomic mass is 32.1. The van der Waals surface area contributed by atoms with Crippen molar-refractivity contribution in [2.45, 2.75) is 32.6 Å². The minimum atomic E-state index is -0.364. The lowest BCUT2D eigenvalue weighted by molar-refractivity contribution is 0.0953. The molecule has 0 spiro atoms. The molecule has 1 aromatic carbocycles. The van der Waals surface area contributed by atoms with Crippen LogP contribution in [0.5, 0.6) is 0 Å². The number of nitrogens with one attached hydrogen (secondary N) is 1. The molecule has 3 aromatic rings. The predicted octanol–water partition coefficient (Wildman–Crippen LogP) is 4.00. The van der Waals surface area contributed by atoms with Gasteiger partial charge in [-0.25, -0.2) is 4.57 Å². The molecular weight excluding hydrogens is 340 g/mol. The largest absolute Gasteiger partial charge is 0.323 e. The van der Waals surface area contributed by atoms with E-state index in [1.165, 1.54) is 4.88 Å². The first-order valence-corrected chi connectivity index (χ1v) is 9.20. The van der Waals surface area contributed by atoms with Gasteiger partial charge in [0.15, 0.2) is 4.77 Å². The van der Waals surface area contributed by atoms with Crippen molar-refractivity contribution >= 4 is 39.7 Å². The Morgan fingerprint density at radius 1 is 1.25 bits per heavy atom. The molecule has 0 radical (unpaired) electrons. The lowest BCUT2D eigenvalue weighted by atomic mass is 9.97. The summed E-state index contributed by atoms with van der Waals surface area (Å²) in [6, 6.07) is 7.25. The van der Waals surface area contributed by atoms with E-state index >= 15 is 0 Å². The van der Waals surface area contributed by atoms with Crippen LogP contribution in [0.3, 0.4) is 0 Å². The van der Waals surface area contributed by atoms with Gasteiger partial charge in [0.25, 0.3) is 11.5 Å². The van der Waals surface area contributed by atoms with Gasteiger partial charge in [-0.05, 0) is 62.0 Å². The zero-order chi connectivity index (χ0) is 16.8. The smallest absolute Gasteiger partial charge is 0.270 e. The molecule has 0 unspecified atom stereocenters. The van der Waals surface area contributed by atoms with Gasteiger partial charge in [-0.2, -0.15) is 0 Å². The Balaban J connectivity index is 2.00. The third-order valence-corrected chi connectivity index (χ3v) is 6.08. The fraction of sp³-hybridized carbons (Fsp3) is 0.278. The molecule has 0 saturated heterocycles. The number of aromatic amines is 1. The highest BCUT2D eigenvalue weighted by Crippen LogP contribution is 2.33. The van der Waals surface area contributed by atoms with E-state index in [0.29, 0.717) is 10.9 Å². The van der Waals surface area contributed by atoms with E-state index in [1.807, 2.05) is 19.1 Å². The first kappa shape index (κ1) is 15.5. The van der Waals surface area contributed by atoms with E-state index in [-0.39, 0.29) is 16.2 Å². The molecular formula is C18H16N2O2S2. The van der Waals surface area contributed by atoms with Crippen molar-refractivity contribution in [2.75, 3.05) is 0 Å². The molecule has 0 saturated carbocycles. The summed E-state index contributed by atoms with van der Waals surface area (Å²) in [5.74, 6) is -0.364. The molecule has 0 fully saturated rings. The van der Waals surface area contributed by atoms with Crippen molar-refractivity contribution in [1.29, 1.82) is 0 Å². The standard InChI is InChI=1S/C18H16N2O2S2/c1-10-6-2-3-7-11(10)16(21)20-17(22)14-12-8-4-5-9-13(12)24-15(14)19-18(20)23/h2-3,6-7H,4-5,8-9H2,1H3,(H,19,23). The van der Waals surface area contributed by atoms with Crippen molar-refractivity contribution in [3.8, 4) is 0 Å². The van der Waals surface area contributed by atoms with Gasteiger partial charge in [-0.15, -0.1) is 11.3 Å². The Morgan fingerprint density at radius 2 is 2.00 bits per heavy atom. The fourth-order valence-electron chi connectivity index (χ4n) is 3.36. The number of thiophene rings is 1. The van der Waals surface area contributed by atoms with Gasteiger partial charge in [0.1, 0.15) is 4.83 Å². The summed E-state index contributed by atoms with van der Waals surface area (Å²) in [7, 11) is 0. The number of H-pyrrole nitrogens is 1. The molecule has 2 heterocycles. The number of aryl methyl sites for hydroxylation is 3. The van der Waals surface area contributed by atoms with Crippen molar-refractivity contribution in [3.63, 3.8) is 0 Å². The number of hydrogen-bond donors (Lipinski definition) is 1. The van der Waals surface area contributed by atoms with Crippen molar-refractivity contribution < 1.29 is 4.79 Å². The second kappa shape index (κ2) is 5.79. The molecule has 1 aliphatic rings. The topological polar surface area (TPSA) is 54.9 Å². The molecule has 0 amide bonds. The number of hydrogen-bond acceptors (Lipinski definition) is 4. The summed E-state index contributed by atoms with van der Waals surface area (Å²) >= 11 is 6.92. The zero-order valence-corrected chi connectivity index (χ0v) is 14.9. The monoisotopic (exact) mass is 356 g/mol. The van der Waals surface area contributed by atoms with Crippen LogP contribution in [-0.4, -0.2) is 15.5 Å². The van der Waals surface area contributed by atoms with Gasteiger partial charge in [0, 0.05) is 10.4 Å².